The van der Waals surface area contributed by atoms with E-state index in [1.807, 2.05) is 39.8 Å². The number of nitrogens with one attached hydrogen (secondary N) is 2. The highest BCUT2D eigenvalue weighted by Gasteiger charge is 2.26. The molecule has 1 rings (SSSR count). The van der Waals surface area contributed by atoms with Gasteiger partial charge in [0.25, 0.3) is 5.91 Å². The van der Waals surface area contributed by atoms with E-state index in [1.54, 1.807) is 12.1 Å². The number of hydrogen-bond acceptors (Lipinski definition) is 4. The topological polar surface area (TPSA) is 67.4 Å². The van der Waals surface area contributed by atoms with Crippen LogP contribution in [0.1, 0.15) is 38.1 Å². The van der Waals surface area contributed by atoms with Gasteiger partial charge in [0.1, 0.15) is 6.04 Å². The number of para-hydroxylation sites is 1. The molecule has 1 aromatic rings. The van der Waals surface area contributed by atoms with Crippen LogP contribution in [-0.4, -0.2) is 31.1 Å². The Labute approximate surface area is 126 Å². The lowest BCUT2D eigenvalue weighted by Crippen LogP contribution is -2.45. The lowest BCUT2D eigenvalue weighted by Gasteiger charge is -2.21. The maximum atomic E-state index is 12.4. The first-order valence-corrected chi connectivity index (χ1v) is 7.11. The molecule has 0 fully saturated rings. The fraction of sp³-hybridized carbons (Fsp3) is 0.500. The second-order valence-electron chi connectivity index (χ2n) is 5.56. The van der Waals surface area contributed by atoms with Gasteiger partial charge < -0.3 is 15.4 Å². The van der Waals surface area contributed by atoms with Crippen molar-refractivity contribution in [2.75, 3.05) is 12.4 Å². The molecule has 0 aliphatic rings. The molecule has 5 heteroatoms. The summed E-state index contributed by atoms with van der Waals surface area (Å²) < 4.78 is 4.74. The number of amides is 1. The van der Waals surface area contributed by atoms with Crippen LogP contribution in [0.2, 0.25) is 0 Å². The van der Waals surface area contributed by atoms with E-state index in [-0.39, 0.29) is 17.9 Å². The molecule has 1 amide bonds. The van der Waals surface area contributed by atoms with Gasteiger partial charge in [0, 0.05) is 11.7 Å². The van der Waals surface area contributed by atoms with Crippen LogP contribution >= 0.6 is 0 Å². The average molecular weight is 292 g/mol. The molecule has 21 heavy (non-hydrogen) atoms. The molecule has 0 aliphatic heterocycles. The summed E-state index contributed by atoms with van der Waals surface area (Å²) in [7, 11) is 1.32. The number of benzene rings is 1. The highest BCUT2D eigenvalue weighted by atomic mass is 16.5. The molecule has 1 aromatic carbocycles. The molecule has 0 unspecified atom stereocenters. The predicted molar refractivity (Wildman–Crippen MR) is 83.3 cm³/mol. The van der Waals surface area contributed by atoms with Gasteiger partial charge in [0.05, 0.1) is 12.7 Å². The molecule has 0 spiro atoms. The summed E-state index contributed by atoms with van der Waals surface area (Å²) in [6.45, 7) is 7.72. The monoisotopic (exact) mass is 292 g/mol. The first kappa shape index (κ1) is 17.0. The van der Waals surface area contributed by atoms with Crippen LogP contribution in [0.15, 0.2) is 24.3 Å². The minimum atomic E-state index is -0.658. The molecule has 5 nitrogen and oxygen atoms in total. The van der Waals surface area contributed by atoms with Crippen molar-refractivity contribution in [2.24, 2.45) is 5.92 Å². The third kappa shape index (κ3) is 4.77. The van der Waals surface area contributed by atoms with Crippen molar-refractivity contribution >= 4 is 17.6 Å². The van der Waals surface area contributed by atoms with Crippen LogP contribution in [-0.2, 0) is 9.53 Å². The first-order chi connectivity index (χ1) is 9.86. The number of anilines is 1. The maximum absolute atomic E-state index is 12.4. The average Bonchev–Trinajstić information content (AvgIpc) is 2.43. The van der Waals surface area contributed by atoms with Crippen molar-refractivity contribution < 1.29 is 14.3 Å². The lowest BCUT2D eigenvalue weighted by atomic mass is 10.0. The Bertz CT molecular complexity index is 498. The number of hydrogen-bond donors (Lipinski definition) is 2. The Morgan fingerprint density at radius 2 is 1.71 bits per heavy atom. The SMILES string of the molecule is COC(=O)[C@@H](NC(=O)c1ccccc1NC(C)C)C(C)C. The molecular formula is C16H24N2O3. The van der Waals surface area contributed by atoms with E-state index in [4.69, 9.17) is 4.74 Å². The third-order valence-electron chi connectivity index (χ3n) is 3.02. The standard InChI is InChI=1S/C16H24N2O3/c1-10(2)14(16(20)21-5)18-15(19)12-8-6-7-9-13(12)17-11(3)4/h6-11,14,17H,1-5H3,(H,18,19)/t14-/m0/s1. The highest BCUT2D eigenvalue weighted by Crippen LogP contribution is 2.17. The summed E-state index contributed by atoms with van der Waals surface area (Å²) >= 11 is 0. The van der Waals surface area contributed by atoms with Crippen molar-refractivity contribution in [1.29, 1.82) is 0 Å². The number of rotatable bonds is 6. The molecule has 0 saturated carbocycles. The minimum Gasteiger partial charge on any atom is -0.467 e. The Morgan fingerprint density at radius 1 is 1.10 bits per heavy atom. The van der Waals surface area contributed by atoms with Crippen LogP contribution < -0.4 is 10.6 Å². The summed E-state index contributed by atoms with van der Waals surface area (Å²) in [6, 6.07) is 6.78. The maximum Gasteiger partial charge on any atom is 0.328 e. The second kappa shape index (κ2) is 7.67. The van der Waals surface area contributed by atoms with Crippen molar-refractivity contribution in [3.63, 3.8) is 0 Å². The zero-order chi connectivity index (χ0) is 16.0. The summed E-state index contributed by atoms with van der Waals surface area (Å²) in [5.41, 5.74) is 1.26. The summed E-state index contributed by atoms with van der Waals surface area (Å²) in [5.74, 6) is -0.776. The van der Waals surface area contributed by atoms with E-state index in [0.717, 1.165) is 5.69 Å². The van der Waals surface area contributed by atoms with Crippen molar-refractivity contribution in [3.05, 3.63) is 29.8 Å². The van der Waals surface area contributed by atoms with Crippen LogP contribution in [0.3, 0.4) is 0 Å². The second-order valence-corrected chi connectivity index (χ2v) is 5.56. The molecule has 0 heterocycles. The number of esters is 1. The number of ether oxygens (including phenoxy) is 1. The van der Waals surface area contributed by atoms with E-state index in [1.165, 1.54) is 7.11 Å². The Kier molecular flexibility index (Phi) is 6.21. The lowest BCUT2D eigenvalue weighted by molar-refractivity contribution is -0.144. The smallest absolute Gasteiger partial charge is 0.328 e. The summed E-state index contributed by atoms with van der Waals surface area (Å²) in [6.07, 6.45) is 0. The Balaban J connectivity index is 2.95. The van der Waals surface area contributed by atoms with Gasteiger partial charge >= 0.3 is 5.97 Å². The van der Waals surface area contributed by atoms with Crippen LogP contribution in [0.5, 0.6) is 0 Å². The predicted octanol–water partition coefficient (Wildman–Crippen LogP) is 2.43. The summed E-state index contributed by atoms with van der Waals surface area (Å²) in [4.78, 5) is 24.2. The van der Waals surface area contributed by atoms with Crippen LogP contribution in [0, 0.1) is 5.92 Å². The molecule has 0 saturated heterocycles. The van der Waals surface area contributed by atoms with Gasteiger partial charge in [-0.15, -0.1) is 0 Å². The molecule has 0 aromatic heterocycles. The van der Waals surface area contributed by atoms with Gasteiger partial charge in [-0.3, -0.25) is 4.79 Å². The minimum absolute atomic E-state index is 0.0494. The molecule has 116 valence electrons. The Hall–Kier alpha value is -2.04. The zero-order valence-corrected chi connectivity index (χ0v) is 13.3. The summed E-state index contributed by atoms with van der Waals surface area (Å²) in [5, 5.41) is 5.97. The van der Waals surface area contributed by atoms with Crippen LogP contribution in [0.25, 0.3) is 0 Å². The fourth-order valence-electron chi connectivity index (χ4n) is 1.96. The first-order valence-electron chi connectivity index (χ1n) is 7.11. The number of methoxy groups -OCH3 is 1. The van der Waals surface area contributed by atoms with Gasteiger partial charge in [-0.25, -0.2) is 4.79 Å². The van der Waals surface area contributed by atoms with Gasteiger partial charge in [-0.2, -0.15) is 0 Å². The van der Waals surface area contributed by atoms with E-state index in [0.29, 0.717) is 5.56 Å². The molecule has 0 aliphatic carbocycles. The number of carbonyl (C=O) groups is 2. The van der Waals surface area contributed by atoms with E-state index in [9.17, 15) is 9.59 Å². The van der Waals surface area contributed by atoms with E-state index >= 15 is 0 Å². The van der Waals surface area contributed by atoms with Crippen molar-refractivity contribution in [2.45, 2.75) is 39.8 Å². The highest BCUT2D eigenvalue weighted by molar-refractivity contribution is 6.01. The van der Waals surface area contributed by atoms with Crippen molar-refractivity contribution in [3.8, 4) is 0 Å². The Morgan fingerprint density at radius 3 is 2.24 bits per heavy atom. The largest absolute Gasteiger partial charge is 0.467 e. The van der Waals surface area contributed by atoms with Gasteiger partial charge in [0.15, 0.2) is 0 Å². The number of carbonyl (C=O) groups excluding carboxylic acids is 2. The molecule has 0 radical (unpaired) electrons. The van der Waals surface area contributed by atoms with E-state index in [2.05, 4.69) is 10.6 Å². The van der Waals surface area contributed by atoms with Crippen LogP contribution in [0.4, 0.5) is 5.69 Å². The van der Waals surface area contributed by atoms with Gasteiger partial charge in [0.2, 0.25) is 0 Å². The quantitative estimate of drug-likeness (QED) is 0.790. The van der Waals surface area contributed by atoms with Gasteiger partial charge in [-0.05, 0) is 31.9 Å². The normalized spacial score (nSPS) is 12.1. The van der Waals surface area contributed by atoms with Gasteiger partial charge in [-0.1, -0.05) is 26.0 Å². The fourth-order valence-corrected chi connectivity index (χ4v) is 1.96. The molecule has 2 N–H and O–H groups in total. The molecule has 1 atom stereocenters. The molecular weight excluding hydrogens is 268 g/mol. The van der Waals surface area contributed by atoms with E-state index < -0.39 is 12.0 Å². The third-order valence-corrected chi connectivity index (χ3v) is 3.02. The molecule has 0 bridgehead atoms. The zero-order valence-electron chi connectivity index (χ0n) is 13.3. The van der Waals surface area contributed by atoms with Crippen molar-refractivity contribution in [1.82, 2.24) is 5.32 Å².